The lowest BCUT2D eigenvalue weighted by molar-refractivity contribution is 0.102. The van der Waals surface area contributed by atoms with Gasteiger partial charge < -0.3 is 9.47 Å². The number of thiazole rings is 1. The van der Waals surface area contributed by atoms with Gasteiger partial charge in [-0.25, -0.2) is 13.4 Å². The summed E-state index contributed by atoms with van der Waals surface area (Å²) in [4.78, 5) is 17.6. The minimum Gasteiger partial charge on any atom is -0.497 e. The maximum absolute atomic E-state index is 13.0. The first-order valence-corrected chi connectivity index (χ1v) is 13.5. The Labute approximate surface area is 214 Å². The van der Waals surface area contributed by atoms with Crippen molar-refractivity contribution in [1.29, 1.82) is 0 Å². The molecule has 1 heterocycles. The highest BCUT2D eigenvalue weighted by Crippen LogP contribution is 2.28. The quantitative estimate of drug-likeness (QED) is 0.278. The molecule has 8 nitrogen and oxygen atoms in total. The minimum atomic E-state index is -3.92. The zero-order chi connectivity index (χ0) is 25.5. The van der Waals surface area contributed by atoms with Gasteiger partial charge in [0, 0.05) is 10.9 Å². The number of methoxy groups -OCH3 is 1. The second-order valence-corrected chi connectivity index (χ2v) is 10.2. The fourth-order valence-corrected chi connectivity index (χ4v) is 5.09. The largest absolute Gasteiger partial charge is 0.497 e. The first-order chi connectivity index (χ1) is 17.4. The third kappa shape index (κ3) is 6.02. The van der Waals surface area contributed by atoms with Gasteiger partial charge in [0.15, 0.2) is 5.13 Å². The van der Waals surface area contributed by atoms with Gasteiger partial charge in [0.2, 0.25) is 0 Å². The van der Waals surface area contributed by atoms with Gasteiger partial charge in [0.05, 0.1) is 35.6 Å². The van der Waals surface area contributed by atoms with Gasteiger partial charge in [-0.3, -0.25) is 14.8 Å². The van der Waals surface area contributed by atoms with Gasteiger partial charge in [-0.15, -0.1) is 11.3 Å². The smallest absolute Gasteiger partial charge is 0.261 e. The topological polar surface area (TPSA) is 107 Å². The van der Waals surface area contributed by atoms with Crippen molar-refractivity contribution in [1.82, 2.24) is 4.98 Å². The highest BCUT2D eigenvalue weighted by molar-refractivity contribution is 7.92. The Morgan fingerprint density at radius 1 is 0.972 bits per heavy atom. The van der Waals surface area contributed by atoms with Crippen LogP contribution in [0.15, 0.2) is 83.1 Å². The number of aromatic nitrogens is 1. The number of nitrogens with zero attached hydrogens (tertiary/aromatic N) is 1. The number of amides is 1. The molecule has 0 aliphatic carbocycles. The van der Waals surface area contributed by atoms with Crippen LogP contribution in [0.4, 0.5) is 10.8 Å². The molecule has 0 atom stereocenters. The summed E-state index contributed by atoms with van der Waals surface area (Å²) in [6.45, 7) is 2.71. The molecule has 0 bridgehead atoms. The average Bonchev–Trinajstić information content (AvgIpc) is 3.36. The molecule has 0 spiro atoms. The molecule has 1 amide bonds. The minimum absolute atomic E-state index is 0.0502. The van der Waals surface area contributed by atoms with Crippen LogP contribution in [-0.4, -0.2) is 33.0 Å². The van der Waals surface area contributed by atoms with Crippen molar-refractivity contribution in [3.8, 4) is 22.8 Å². The Balaban J connectivity index is 1.48. The molecule has 0 saturated heterocycles. The van der Waals surface area contributed by atoms with Gasteiger partial charge in [0.25, 0.3) is 15.9 Å². The summed E-state index contributed by atoms with van der Waals surface area (Å²) in [5.74, 6) is 0.850. The molecule has 0 aliphatic heterocycles. The molecule has 4 aromatic rings. The van der Waals surface area contributed by atoms with Crippen molar-refractivity contribution >= 4 is 38.1 Å². The van der Waals surface area contributed by atoms with E-state index in [2.05, 4.69) is 15.0 Å². The summed E-state index contributed by atoms with van der Waals surface area (Å²) in [6.07, 6.45) is 0.933. The van der Waals surface area contributed by atoms with Crippen molar-refractivity contribution in [2.75, 3.05) is 23.8 Å². The van der Waals surface area contributed by atoms with Gasteiger partial charge in [-0.2, -0.15) is 0 Å². The predicted octanol–water partition coefficient (Wildman–Crippen LogP) is 5.66. The fraction of sp³-hybridized carbons (Fsp3) is 0.154. The van der Waals surface area contributed by atoms with E-state index in [9.17, 15) is 13.2 Å². The Kier molecular flexibility index (Phi) is 7.87. The number of hydrogen-bond acceptors (Lipinski definition) is 7. The molecule has 1 aromatic heterocycles. The highest BCUT2D eigenvalue weighted by Gasteiger charge is 2.19. The molecule has 10 heteroatoms. The van der Waals surface area contributed by atoms with E-state index in [-0.39, 0.29) is 16.1 Å². The van der Waals surface area contributed by atoms with Gasteiger partial charge in [-0.05, 0) is 67.1 Å². The number of rotatable bonds is 10. The van der Waals surface area contributed by atoms with Gasteiger partial charge in [-0.1, -0.05) is 19.1 Å². The molecule has 36 heavy (non-hydrogen) atoms. The number of sulfonamides is 1. The van der Waals surface area contributed by atoms with E-state index in [4.69, 9.17) is 9.47 Å². The summed E-state index contributed by atoms with van der Waals surface area (Å²) < 4.78 is 38.9. The molecule has 3 aromatic carbocycles. The number of benzene rings is 3. The maximum atomic E-state index is 13.0. The summed E-state index contributed by atoms with van der Waals surface area (Å²) in [7, 11) is -2.42. The molecular formula is C26H25N3O5S2. The van der Waals surface area contributed by atoms with Crippen LogP contribution in [0.3, 0.4) is 0 Å². The lowest BCUT2D eigenvalue weighted by atomic mass is 10.1. The number of para-hydroxylation sites is 1. The first-order valence-electron chi connectivity index (χ1n) is 11.2. The summed E-state index contributed by atoms with van der Waals surface area (Å²) in [6, 6.07) is 20.0. The Morgan fingerprint density at radius 3 is 2.36 bits per heavy atom. The number of anilines is 2. The maximum Gasteiger partial charge on any atom is 0.261 e. The summed E-state index contributed by atoms with van der Waals surface area (Å²) >= 11 is 1.28. The van der Waals surface area contributed by atoms with Crippen molar-refractivity contribution in [2.24, 2.45) is 0 Å². The fourth-order valence-electron chi connectivity index (χ4n) is 3.30. The van der Waals surface area contributed by atoms with E-state index >= 15 is 0 Å². The first kappa shape index (κ1) is 25.2. The van der Waals surface area contributed by atoms with E-state index in [0.29, 0.717) is 23.2 Å². The third-order valence-electron chi connectivity index (χ3n) is 5.13. The zero-order valence-electron chi connectivity index (χ0n) is 19.7. The van der Waals surface area contributed by atoms with Crippen molar-refractivity contribution in [2.45, 2.75) is 18.2 Å². The van der Waals surface area contributed by atoms with Crippen LogP contribution in [0.25, 0.3) is 11.3 Å². The monoisotopic (exact) mass is 523 g/mol. The number of carbonyl (C=O) groups is 1. The van der Waals surface area contributed by atoms with Gasteiger partial charge in [0.1, 0.15) is 11.5 Å². The lowest BCUT2D eigenvalue weighted by Crippen LogP contribution is -2.18. The SMILES string of the molecule is CCCOc1ccc(-c2csc(NC(=O)c3ccccc3NS(=O)(=O)c3ccc(OC)cc3)n2)cc1. The molecule has 0 unspecified atom stereocenters. The third-order valence-corrected chi connectivity index (χ3v) is 7.27. The van der Waals surface area contributed by atoms with Gasteiger partial charge >= 0.3 is 0 Å². The number of ether oxygens (including phenoxy) is 2. The average molecular weight is 524 g/mol. The van der Waals surface area contributed by atoms with E-state index in [1.807, 2.05) is 36.6 Å². The van der Waals surface area contributed by atoms with Crippen LogP contribution in [0, 0.1) is 0 Å². The van der Waals surface area contributed by atoms with Crippen LogP contribution in [-0.2, 0) is 10.0 Å². The standard InChI is InChI=1S/C26H25N3O5S2/c1-3-16-34-20-10-8-18(9-11-20)24-17-35-26(27-24)28-25(30)22-6-4-5-7-23(22)29-36(31,32)21-14-12-19(33-2)13-15-21/h4-15,17,29H,3,16H2,1-2H3,(H,27,28,30). The number of carbonyl (C=O) groups excluding carboxylic acids is 1. The van der Waals surface area contributed by atoms with Crippen molar-refractivity contribution in [3.63, 3.8) is 0 Å². The molecular weight excluding hydrogens is 498 g/mol. The summed E-state index contributed by atoms with van der Waals surface area (Å²) in [5, 5.41) is 5.00. The van der Waals surface area contributed by atoms with Crippen LogP contribution >= 0.6 is 11.3 Å². The van der Waals surface area contributed by atoms with Crippen LogP contribution in [0.5, 0.6) is 11.5 Å². The van der Waals surface area contributed by atoms with E-state index in [0.717, 1.165) is 17.7 Å². The van der Waals surface area contributed by atoms with E-state index in [1.165, 1.54) is 36.6 Å². The molecule has 4 rings (SSSR count). The number of hydrogen-bond donors (Lipinski definition) is 2. The predicted molar refractivity (Wildman–Crippen MR) is 142 cm³/mol. The zero-order valence-corrected chi connectivity index (χ0v) is 21.4. The lowest BCUT2D eigenvalue weighted by Gasteiger charge is -2.12. The van der Waals surface area contributed by atoms with E-state index < -0.39 is 15.9 Å². The Morgan fingerprint density at radius 2 is 1.67 bits per heavy atom. The highest BCUT2D eigenvalue weighted by atomic mass is 32.2. The summed E-state index contributed by atoms with van der Waals surface area (Å²) in [5.41, 5.74) is 1.93. The van der Waals surface area contributed by atoms with Crippen LogP contribution < -0.4 is 19.5 Å². The number of nitrogens with one attached hydrogen (secondary N) is 2. The molecule has 186 valence electrons. The van der Waals surface area contributed by atoms with E-state index in [1.54, 1.807) is 30.3 Å². The molecule has 0 aliphatic rings. The Bertz CT molecular complexity index is 1430. The molecule has 0 radical (unpaired) electrons. The van der Waals surface area contributed by atoms with Crippen molar-refractivity contribution < 1.29 is 22.7 Å². The van der Waals surface area contributed by atoms with Crippen LogP contribution in [0.1, 0.15) is 23.7 Å². The Hall–Kier alpha value is -3.89. The second-order valence-electron chi connectivity index (χ2n) is 7.69. The second kappa shape index (κ2) is 11.2. The molecule has 0 fully saturated rings. The van der Waals surface area contributed by atoms with Crippen LogP contribution in [0.2, 0.25) is 0 Å². The normalized spacial score (nSPS) is 11.1. The van der Waals surface area contributed by atoms with Crippen molar-refractivity contribution in [3.05, 3.63) is 83.7 Å². The molecule has 0 saturated carbocycles. The molecule has 2 N–H and O–H groups in total.